The molecule has 18 heavy (non-hydrogen) atoms. The van der Waals surface area contributed by atoms with Crippen LogP contribution in [-0.4, -0.2) is 40.5 Å². The second-order valence-electron chi connectivity index (χ2n) is 4.43. The Labute approximate surface area is 106 Å². The molecule has 1 fully saturated rings. The van der Waals surface area contributed by atoms with Crippen LogP contribution in [0.2, 0.25) is 0 Å². The predicted molar refractivity (Wildman–Crippen MR) is 69.7 cm³/mol. The summed E-state index contributed by atoms with van der Waals surface area (Å²) in [7, 11) is 0. The third-order valence-corrected chi connectivity index (χ3v) is 3.39. The van der Waals surface area contributed by atoms with Gasteiger partial charge in [0.25, 0.3) is 0 Å². The maximum atomic E-state index is 10.9. The molecule has 6 heteroatoms. The molecule has 1 N–H and O–H groups in total. The Kier molecular flexibility index (Phi) is 4.09. The lowest BCUT2D eigenvalue weighted by Gasteiger charge is -2.22. The number of nitro groups is 1. The minimum atomic E-state index is -0.401. The third-order valence-electron chi connectivity index (χ3n) is 3.39. The van der Waals surface area contributed by atoms with E-state index < -0.39 is 4.92 Å². The number of hydrogen-bond donors (Lipinski definition) is 1. The molecule has 1 aromatic heterocycles. The van der Waals surface area contributed by atoms with Crippen molar-refractivity contribution in [3.05, 3.63) is 28.4 Å². The molecule has 1 atom stereocenters. The summed E-state index contributed by atoms with van der Waals surface area (Å²) in [5, 5.41) is 14.0. The number of nitrogens with one attached hydrogen (secondary N) is 1. The van der Waals surface area contributed by atoms with Gasteiger partial charge < -0.3 is 5.32 Å². The fraction of sp³-hybridized carbons (Fsp3) is 0.583. The molecule has 1 aromatic rings. The lowest BCUT2D eigenvalue weighted by atomic mass is 10.2. The van der Waals surface area contributed by atoms with E-state index in [9.17, 15) is 10.1 Å². The first-order chi connectivity index (χ1) is 8.72. The van der Waals surface area contributed by atoms with Crippen LogP contribution in [0.25, 0.3) is 0 Å². The van der Waals surface area contributed by atoms with E-state index in [0.717, 1.165) is 19.5 Å². The van der Waals surface area contributed by atoms with Crippen molar-refractivity contribution >= 4 is 11.5 Å². The van der Waals surface area contributed by atoms with E-state index in [2.05, 4.69) is 22.1 Å². The van der Waals surface area contributed by atoms with Crippen molar-refractivity contribution in [1.82, 2.24) is 9.88 Å². The van der Waals surface area contributed by atoms with Crippen LogP contribution in [-0.2, 0) is 0 Å². The van der Waals surface area contributed by atoms with Gasteiger partial charge in [0.15, 0.2) is 0 Å². The van der Waals surface area contributed by atoms with Crippen molar-refractivity contribution in [2.24, 2.45) is 0 Å². The molecular weight excluding hydrogens is 232 g/mol. The average Bonchev–Trinajstić information content (AvgIpc) is 2.84. The van der Waals surface area contributed by atoms with Gasteiger partial charge in [0, 0.05) is 24.8 Å². The Bertz CT molecular complexity index is 424. The van der Waals surface area contributed by atoms with Gasteiger partial charge in [-0.2, -0.15) is 0 Å². The summed E-state index contributed by atoms with van der Waals surface area (Å²) in [4.78, 5) is 16.9. The molecule has 0 aliphatic carbocycles. The van der Waals surface area contributed by atoms with Crippen LogP contribution >= 0.6 is 0 Å². The average molecular weight is 250 g/mol. The monoisotopic (exact) mass is 250 g/mol. The minimum Gasteiger partial charge on any atom is -0.363 e. The van der Waals surface area contributed by atoms with Gasteiger partial charge in [0.2, 0.25) is 5.82 Å². The molecule has 1 aliphatic rings. The molecule has 0 saturated carbocycles. The van der Waals surface area contributed by atoms with E-state index in [4.69, 9.17) is 0 Å². The number of pyridine rings is 1. The van der Waals surface area contributed by atoms with Gasteiger partial charge in [-0.05, 0) is 32.0 Å². The second-order valence-corrected chi connectivity index (χ2v) is 4.43. The van der Waals surface area contributed by atoms with Gasteiger partial charge in [0.1, 0.15) is 0 Å². The molecule has 0 bridgehead atoms. The second kappa shape index (κ2) is 5.77. The van der Waals surface area contributed by atoms with E-state index >= 15 is 0 Å². The summed E-state index contributed by atoms with van der Waals surface area (Å²) in [6, 6.07) is 3.51. The first-order valence-electron chi connectivity index (χ1n) is 6.29. The zero-order valence-electron chi connectivity index (χ0n) is 10.5. The van der Waals surface area contributed by atoms with Crippen molar-refractivity contribution in [2.75, 3.05) is 25.0 Å². The van der Waals surface area contributed by atoms with Crippen molar-refractivity contribution < 1.29 is 4.92 Å². The van der Waals surface area contributed by atoms with Crippen molar-refractivity contribution in [3.63, 3.8) is 0 Å². The number of anilines is 1. The number of likely N-dealkylation sites (N-methyl/N-ethyl adjacent to an activating group) is 1. The van der Waals surface area contributed by atoms with Gasteiger partial charge >= 0.3 is 5.69 Å². The number of aromatic nitrogens is 1. The summed E-state index contributed by atoms with van der Waals surface area (Å²) in [6.07, 6.45) is 3.91. The Morgan fingerprint density at radius 3 is 3.22 bits per heavy atom. The molecule has 98 valence electrons. The summed E-state index contributed by atoms with van der Waals surface area (Å²) in [5.41, 5.74) is 0.0403. The number of rotatable bonds is 5. The molecule has 2 rings (SSSR count). The summed E-state index contributed by atoms with van der Waals surface area (Å²) >= 11 is 0. The van der Waals surface area contributed by atoms with Crippen LogP contribution in [0.4, 0.5) is 11.5 Å². The lowest BCUT2D eigenvalue weighted by molar-refractivity contribution is -0.384. The van der Waals surface area contributed by atoms with Crippen molar-refractivity contribution in [2.45, 2.75) is 25.8 Å². The maximum absolute atomic E-state index is 10.9. The van der Waals surface area contributed by atoms with E-state index in [1.54, 1.807) is 12.3 Å². The summed E-state index contributed by atoms with van der Waals surface area (Å²) < 4.78 is 0. The fourth-order valence-corrected chi connectivity index (χ4v) is 2.44. The highest BCUT2D eigenvalue weighted by Gasteiger charge is 2.23. The van der Waals surface area contributed by atoms with Gasteiger partial charge in [-0.25, -0.2) is 4.98 Å². The standard InChI is InChI=1S/C12H18N4O2/c1-2-15-8-4-5-10(15)9-14-12-11(16(17)18)6-3-7-13-12/h3,6-7,10H,2,4-5,8-9H2,1H3,(H,13,14). The summed E-state index contributed by atoms with van der Waals surface area (Å²) in [5.74, 6) is 0.366. The van der Waals surface area contributed by atoms with Crippen LogP contribution in [0.5, 0.6) is 0 Å². The van der Waals surface area contributed by atoms with Gasteiger partial charge in [0.05, 0.1) is 4.92 Å². The normalized spacial score (nSPS) is 19.9. The topological polar surface area (TPSA) is 71.3 Å². The molecule has 1 unspecified atom stereocenters. The quantitative estimate of drug-likeness (QED) is 0.638. The maximum Gasteiger partial charge on any atom is 0.311 e. The molecule has 6 nitrogen and oxygen atoms in total. The zero-order valence-corrected chi connectivity index (χ0v) is 10.5. The van der Waals surface area contributed by atoms with Crippen LogP contribution in [0.15, 0.2) is 18.3 Å². The Morgan fingerprint density at radius 2 is 2.50 bits per heavy atom. The largest absolute Gasteiger partial charge is 0.363 e. The summed E-state index contributed by atoms with van der Waals surface area (Å²) in [6.45, 7) is 5.00. The van der Waals surface area contributed by atoms with E-state index in [1.165, 1.54) is 12.5 Å². The van der Waals surface area contributed by atoms with Crippen molar-refractivity contribution in [3.8, 4) is 0 Å². The molecule has 1 aliphatic heterocycles. The molecule has 2 heterocycles. The Balaban J connectivity index is 2.00. The van der Waals surface area contributed by atoms with E-state index in [1.807, 2.05) is 0 Å². The van der Waals surface area contributed by atoms with Crippen LogP contribution < -0.4 is 5.32 Å². The molecule has 0 spiro atoms. The smallest absolute Gasteiger partial charge is 0.311 e. The highest BCUT2D eigenvalue weighted by atomic mass is 16.6. The first-order valence-corrected chi connectivity index (χ1v) is 6.29. The highest BCUT2D eigenvalue weighted by molar-refractivity contribution is 5.55. The molecule has 1 saturated heterocycles. The highest BCUT2D eigenvalue weighted by Crippen LogP contribution is 2.22. The van der Waals surface area contributed by atoms with Gasteiger partial charge in [-0.15, -0.1) is 0 Å². The van der Waals surface area contributed by atoms with Crippen LogP contribution in [0.1, 0.15) is 19.8 Å². The van der Waals surface area contributed by atoms with E-state index in [-0.39, 0.29) is 5.69 Å². The number of likely N-dealkylation sites (tertiary alicyclic amines) is 1. The van der Waals surface area contributed by atoms with Crippen LogP contribution in [0, 0.1) is 10.1 Å². The Hall–Kier alpha value is -1.69. The molecule has 0 aromatic carbocycles. The van der Waals surface area contributed by atoms with Crippen LogP contribution in [0.3, 0.4) is 0 Å². The van der Waals surface area contributed by atoms with Gasteiger partial charge in [-0.1, -0.05) is 6.92 Å². The number of nitrogens with zero attached hydrogens (tertiary/aromatic N) is 3. The third kappa shape index (κ3) is 2.76. The number of hydrogen-bond acceptors (Lipinski definition) is 5. The zero-order chi connectivity index (χ0) is 13.0. The first kappa shape index (κ1) is 12.8. The lowest BCUT2D eigenvalue weighted by Crippen LogP contribution is -2.34. The van der Waals surface area contributed by atoms with Crippen molar-refractivity contribution in [1.29, 1.82) is 0 Å². The Morgan fingerprint density at radius 1 is 1.67 bits per heavy atom. The fourth-order valence-electron chi connectivity index (χ4n) is 2.44. The van der Waals surface area contributed by atoms with E-state index in [0.29, 0.717) is 18.4 Å². The van der Waals surface area contributed by atoms with Gasteiger partial charge in [-0.3, -0.25) is 15.0 Å². The predicted octanol–water partition coefficient (Wildman–Crippen LogP) is 1.89. The molecule has 0 amide bonds. The minimum absolute atomic E-state index is 0.0403. The molecule has 0 radical (unpaired) electrons. The SMILES string of the molecule is CCN1CCCC1CNc1ncccc1[N+](=O)[O-]. The molecular formula is C12H18N4O2.